The van der Waals surface area contributed by atoms with Gasteiger partial charge < -0.3 is 9.47 Å². The van der Waals surface area contributed by atoms with E-state index in [2.05, 4.69) is 21.8 Å². The minimum atomic E-state index is -0.591. The molecular formula is C18H18N2O3. The van der Waals surface area contributed by atoms with Crippen molar-refractivity contribution in [1.82, 2.24) is 9.97 Å². The molecule has 0 saturated heterocycles. The zero-order valence-electron chi connectivity index (χ0n) is 13.2. The van der Waals surface area contributed by atoms with Crippen LogP contribution in [-0.2, 0) is 9.53 Å². The standard InChI is InChI=1S/C18H18N2O3/c1-3-5-11-22-16-12-15(19-13-20-16)18(23-17(21)4-2)14-9-7-6-8-10-14/h6-10,12-13,18H,4,11H2,1-2H3. The van der Waals surface area contributed by atoms with E-state index in [1.54, 1.807) is 19.9 Å². The normalized spacial score (nSPS) is 11.0. The summed E-state index contributed by atoms with van der Waals surface area (Å²) in [6, 6.07) is 11.1. The van der Waals surface area contributed by atoms with Gasteiger partial charge in [0.15, 0.2) is 12.7 Å². The maximum absolute atomic E-state index is 11.7. The smallest absolute Gasteiger partial charge is 0.306 e. The average molecular weight is 310 g/mol. The van der Waals surface area contributed by atoms with Gasteiger partial charge in [0.25, 0.3) is 0 Å². The molecule has 0 spiro atoms. The molecule has 2 aromatic rings. The highest BCUT2D eigenvalue weighted by Gasteiger charge is 2.20. The number of esters is 1. The Morgan fingerprint density at radius 1 is 1.26 bits per heavy atom. The van der Waals surface area contributed by atoms with Gasteiger partial charge in [0, 0.05) is 12.5 Å². The lowest BCUT2D eigenvalue weighted by atomic mass is 10.1. The number of carbonyl (C=O) groups excluding carboxylic acids is 1. The lowest BCUT2D eigenvalue weighted by Gasteiger charge is -2.17. The third-order valence-corrected chi connectivity index (χ3v) is 3.04. The highest BCUT2D eigenvalue weighted by Crippen LogP contribution is 2.26. The average Bonchev–Trinajstić information content (AvgIpc) is 2.60. The fourth-order valence-corrected chi connectivity index (χ4v) is 1.90. The van der Waals surface area contributed by atoms with Gasteiger partial charge in [0.05, 0.1) is 5.69 Å². The molecule has 0 N–H and O–H groups in total. The van der Waals surface area contributed by atoms with Crippen LogP contribution in [0.2, 0.25) is 0 Å². The molecule has 1 atom stereocenters. The molecule has 1 heterocycles. The summed E-state index contributed by atoms with van der Waals surface area (Å²) in [6.07, 6.45) is 1.09. The maximum Gasteiger partial charge on any atom is 0.306 e. The summed E-state index contributed by atoms with van der Waals surface area (Å²) in [5.74, 6) is 5.65. The van der Waals surface area contributed by atoms with Crippen molar-refractivity contribution in [1.29, 1.82) is 0 Å². The van der Waals surface area contributed by atoms with Crippen LogP contribution >= 0.6 is 0 Å². The Bertz CT molecular complexity index is 705. The van der Waals surface area contributed by atoms with Crippen LogP contribution in [0.15, 0.2) is 42.7 Å². The summed E-state index contributed by atoms with van der Waals surface area (Å²) < 4.78 is 11.0. The van der Waals surface area contributed by atoms with E-state index in [9.17, 15) is 4.79 Å². The van der Waals surface area contributed by atoms with Crippen molar-refractivity contribution in [2.75, 3.05) is 6.61 Å². The Morgan fingerprint density at radius 2 is 2.04 bits per heavy atom. The topological polar surface area (TPSA) is 61.3 Å². The van der Waals surface area contributed by atoms with Crippen LogP contribution in [0.25, 0.3) is 0 Å². The quantitative estimate of drug-likeness (QED) is 0.606. The van der Waals surface area contributed by atoms with E-state index >= 15 is 0 Å². The van der Waals surface area contributed by atoms with Gasteiger partial charge in [-0.3, -0.25) is 4.79 Å². The van der Waals surface area contributed by atoms with Gasteiger partial charge in [-0.15, -0.1) is 5.92 Å². The van der Waals surface area contributed by atoms with Crippen molar-refractivity contribution in [2.24, 2.45) is 0 Å². The molecule has 0 aliphatic heterocycles. The van der Waals surface area contributed by atoms with Gasteiger partial charge in [-0.2, -0.15) is 0 Å². The second-order valence-corrected chi connectivity index (χ2v) is 4.63. The summed E-state index contributed by atoms with van der Waals surface area (Å²) >= 11 is 0. The SMILES string of the molecule is CC#CCOc1cc(C(OC(=O)CC)c2ccccc2)ncn1. The molecule has 0 radical (unpaired) electrons. The molecular weight excluding hydrogens is 292 g/mol. The fraction of sp³-hybridized carbons (Fsp3) is 0.278. The number of hydrogen-bond donors (Lipinski definition) is 0. The number of hydrogen-bond acceptors (Lipinski definition) is 5. The minimum absolute atomic E-state index is 0.248. The highest BCUT2D eigenvalue weighted by atomic mass is 16.5. The van der Waals surface area contributed by atoms with Crippen molar-refractivity contribution in [3.8, 4) is 17.7 Å². The summed E-state index contributed by atoms with van der Waals surface area (Å²) in [7, 11) is 0. The van der Waals surface area contributed by atoms with Crippen molar-refractivity contribution >= 4 is 5.97 Å². The lowest BCUT2D eigenvalue weighted by Crippen LogP contribution is -2.13. The van der Waals surface area contributed by atoms with Gasteiger partial charge in [-0.05, 0) is 12.5 Å². The zero-order chi connectivity index (χ0) is 16.5. The first-order valence-electron chi connectivity index (χ1n) is 7.33. The molecule has 5 nitrogen and oxygen atoms in total. The highest BCUT2D eigenvalue weighted by molar-refractivity contribution is 5.69. The van der Waals surface area contributed by atoms with Crippen molar-refractivity contribution in [3.05, 3.63) is 54.0 Å². The second-order valence-electron chi connectivity index (χ2n) is 4.63. The maximum atomic E-state index is 11.7. The van der Waals surface area contributed by atoms with Gasteiger partial charge >= 0.3 is 5.97 Å². The molecule has 118 valence electrons. The summed E-state index contributed by atoms with van der Waals surface area (Å²) in [4.78, 5) is 20.0. The minimum Gasteiger partial charge on any atom is -0.464 e. The van der Waals surface area contributed by atoms with E-state index in [0.717, 1.165) is 5.56 Å². The molecule has 2 rings (SSSR count). The summed E-state index contributed by atoms with van der Waals surface area (Å²) in [6.45, 7) is 3.74. The van der Waals surface area contributed by atoms with Crippen LogP contribution in [0.1, 0.15) is 37.6 Å². The molecule has 0 fully saturated rings. The van der Waals surface area contributed by atoms with Crippen molar-refractivity contribution < 1.29 is 14.3 Å². The van der Waals surface area contributed by atoms with Crippen LogP contribution in [-0.4, -0.2) is 22.5 Å². The number of carbonyl (C=O) groups is 1. The molecule has 0 aliphatic carbocycles. The molecule has 0 aliphatic rings. The third kappa shape index (κ3) is 4.82. The molecule has 1 unspecified atom stereocenters. The number of nitrogens with zero attached hydrogens (tertiary/aromatic N) is 2. The number of rotatable bonds is 6. The van der Waals surface area contributed by atoms with Crippen LogP contribution in [0.3, 0.4) is 0 Å². The van der Waals surface area contributed by atoms with Crippen LogP contribution < -0.4 is 4.74 Å². The van der Waals surface area contributed by atoms with Crippen molar-refractivity contribution in [2.45, 2.75) is 26.4 Å². The lowest BCUT2D eigenvalue weighted by molar-refractivity contribution is -0.147. The number of ether oxygens (including phenoxy) is 2. The van der Waals surface area contributed by atoms with Gasteiger partial charge in [-0.1, -0.05) is 43.2 Å². The molecule has 0 amide bonds. The largest absolute Gasteiger partial charge is 0.464 e. The summed E-state index contributed by atoms with van der Waals surface area (Å²) in [5.41, 5.74) is 1.40. The van der Waals surface area contributed by atoms with E-state index in [0.29, 0.717) is 18.0 Å². The van der Waals surface area contributed by atoms with E-state index in [1.807, 2.05) is 30.3 Å². The number of benzene rings is 1. The first-order chi connectivity index (χ1) is 11.2. The van der Waals surface area contributed by atoms with E-state index < -0.39 is 6.10 Å². The van der Waals surface area contributed by atoms with E-state index in [1.165, 1.54) is 6.33 Å². The Labute approximate surface area is 135 Å². The first-order valence-corrected chi connectivity index (χ1v) is 7.33. The predicted molar refractivity (Wildman–Crippen MR) is 85.6 cm³/mol. The van der Waals surface area contributed by atoms with Crippen LogP contribution in [0, 0.1) is 11.8 Å². The Hall–Kier alpha value is -2.87. The fourth-order valence-electron chi connectivity index (χ4n) is 1.90. The molecule has 1 aromatic heterocycles. The Morgan fingerprint density at radius 3 is 2.74 bits per heavy atom. The zero-order valence-corrected chi connectivity index (χ0v) is 13.2. The molecule has 1 aromatic carbocycles. The Kier molecular flexibility index (Phi) is 6.13. The van der Waals surface area contributed by atoms with Gasteiger partial charge in [0.2, 0.25) is 5.88 Å². The van der Waals surface area contributed by atoms with Crippen molar-refractivity contribution in [3.63, 3.8) is 0 Å². The molecule has 0 bridgehead atoms. The predicted octanol–water partition coefficient (Wildman–Crippen LogP) is 2.92. The molecule has 23 heavy (non-hydrogen) atoms. The van der Waals surface area contributed by atoms with Gasteiger partial charge in [0.1, 0.15) is 6.33 Å². The van der Waals surface area contributed by atoms with Crippen LogP contribution in [0.4, 0.5) is 0 Å². The van der Waals surface area contributed by atoms with E-state index in [4.69, 9.17) is 9.47 Å². The Balaban J connectivity index is 2.29. The number of aromatic nitrogens is 2. The third-order valence-electron chi connectivity index (χ3n) is 3.04. The monoisotopic (exact) mass is 310 g/mol. The van der Waals surface area contributed by atoms with E-state index in [-0.39, 0.29) is 12.6 Å². The molecule has 0 saturated carbocycles. The second kappa shape index (κ2) is 8.54. The first kappa shape index (κ1) is 16.5. The molecule has 5 heteroatoms. The summed E-state index contributed by atoms with van der Waals surface area (Å²) in [5, 5.41) is 0. The van der Waals surface area contributed by atoms with Gasteiger partial charge in [-0.25, -0.2) is 9.97 Å². The van der Waals surface area contributed by atoms with Crippen LogP contribution in [0.5, 0.6) is 5.88 Å².